The monoisotopic (exact) mass is 324 g/mol. The molecule has 1 saturated heterocycles. The number of nitrogens with one attached hydrogen (secondary N) is 1. The molecule has 7 heteroatoms. The van der Waals surface area contributed by atoms with E-state index in [0.29, 0.717) is 13.1 Å². The molecule has 122 valence electrons. The van der Waals surface area contributed by atoms with Crippen LogP contribution in [0.5, 0.6) is 0 Å². The van der Waals surface area contributed by atoms with Gasteiger partial charge in [-0.2, -0.15) is 0 Å². The van der Waals surface area contributed by atoms with E-state index in [9.17, 15) is 4.79 Å². The average molecular weight is 324 g/mol. The van der Waals surface area contributed by atoms with E-state index in [1.807, 2.05) is 27.0 Å². The van der Waals surface area contributed by atoms with Crippen LogP contribution in [0.1, 0.15) is 32.9 Å². The summed E-state index contributed by atoms with van der Waals surface area (Å²) in [5.41, 5.74) is 0.501. The van der Waals surface area contributed by atoms with Crippen LogP contribution < -0.4 is 5.32 Å². The molecular weight excluding hydrogens is 300 g/mol. The number of hydrogen-bond donors (Lipinski definition) is 1. The minimum atomic E-state index is -0.449. The Balaban J connectivity index is 1.83. The van der Waals surface area contributed by atoms with Crippen molar-refractivity contribution in [3.8, 4) is 0 Å². The number of carbonyl (C=O) groups excluding carboxylic acids is 1. The van der Waals surface area contributed by atoms with Gasteiger partial charge in [-0.15, -0.1) is 11.8 Å². The van der Waals surface area contributed by atoms with Crippen LogP contribution in [-0.4, -0.2) is 51.9 Å². The minimum Gasteiger partial charge on any atom is -0.444 e. The van der Waals surface area contributed by atoms with Gasteiger partial charge in [-0.3, -0.25) is 4.98 Å². The molecular formula is C15H24N4O2S. The maximum Gasteiger partial charge on any atom is 0.410 e. The van der Waals surface area contributed by atoms with E-state index in [4.69, 9.17) is 4.74 Å². The van der Waals surface area contributed by atoms with Crippen molar-refractivity contribution in [1.82, 2.24) is 20.2 Å². The molecule has 1 aliphatic heterocycles. The van der Waals surface area contributed by atoms with Crippen LogP contribution in [-0.2, 0) is 11.3 Å². The van der Waals surface area contributed by atoms with Gasteiger partial charge >= 0.3 is 6.09 Å². The van der Waals surface area contributed by atoms with Gasteiger partial charge in [0.05, 0.1) is 5.69 Å². The zero-order valence-corrected chi connectivity index (χ0v) is 14.4. The molecule has 22 heavy (non-hydrogen) atoms. The van der Waals surface area contributed by atoms with Crippen LogP contribution in [0.2, 0.25) is 0 Å². The molecule has 1 aromatic rings. The molecule has 2 heterocycles. The molecule has 1 aliphatic rings. The Hall–Kier alpha value is -1.34. The lowest BCUT2D eigenvalue weighted by Gasteiger charge is -2.24. The molecule has 1 fully saturated rings. The van der Waals surface area contributed by atoms with Gasteiger partial charge in [-0.05, 0) is 33.4 Å². The lowest BCUT2D eigenvalue weighted by atomic mass is 10.2. The maximum absolute atomic E-state index is 12.0. The fourth-order valence-electron chi connectivity index (χ4n) is 2.31. The third kappa shape index (κ3) is 4.84. The quantitative estimate of drug-likeness (QED) is 0.857. The Morgan fingerprint density at radius 2 is 2.18 bits per heavy atom. The summed E-state index contributed by atoms with van der Waals surface area (Å²) < 4.78 is 5.40. The first kappa shape index (κ1) is 17.0. The topological polar surface area (TPSA) is 67.4 Å². The Bertz CT molecular complexity index is 519. The largest absolute Gasteiger partial charge is 0.444 e. The summed E-state index contributed by atoms with van der Waals surface area (Å²) in [6.45, 7) is 7.71. The second kappa shape index (κ2) is 7.28. The van der Waals surface area contributed by atoms with E-state index in [1.165, 1.54) is 0 Å². The number of ether oxygens (including phenoxy) is 1. The highest BCUT2D eigenvalue weighted by Crippen LogP contribution is 2.17. The molecule has 0 aromatic carbocycles. The number of aromatic nitrogens is 2. The molecule has 1 atom stereocenters. The SMILES string of the molecule is CSc1nccnc1CN[C@@H]1CCN(C(=O)OC(C)(C)C)C1. The Morgan fingerprint density at radius 1 is 1.45 bits per heavy atom. The Morgan fingerprint density at radius 3 is 2.86 bits per heavy atom. The molecule has 0 saturated carbocycles. The number of amides is 1. The highest BCUT2D eigenvalue weighted by atomic mass is 32.2. The molecule has 6 nitrogen and oxygen atoms in total. The zero-order chi connectivity index (χ0) is 16.2. The van der Waals surface area contributed by atoms with E-state index in [0.717, 1.165) is 23.7 Å². The Kier molecular flexibility index (Phi) is 5.63. The first-order valence-corrected chi connectivity index (χ1v) is 8.66. The molecule has 1 N–H and O–H groups in total. The van der Waals surface area contributed by atoms with E-state index >= 15 is 0 Å². The number of carbonyl (C=O) groups is 1. The van der Waals surface area contributed by atoms with Crippen molar-refractivity contribution in [2.24, 2.45) is 0 Å². The molecule has 0 bridgehead atoms. The van der Waals surface area contributed by atoms with Crippen LogP contribution in [0, 0.1) is 0 Å². The fraction of sp³-hybridized carbons (Fsp3) is 0.667. The number of rotatable bonds is 4. The zero-order valence-electron chi connectivity index (χ0n) is 13.6. The standard InChI is InChI=1S/C15H24N4O2S/c1-15(2,3)21-14(20)19-8-5-11(10-19)18-9-12-13(22-4)17-7-6-16-12/h6-7,11,18H,5,8-10H2,1-4H3/t11-/m1/s1. The number of hydrogen-bond acceptors (Lipinski definition) is 6. The third-order valence-corrected chi connectivity index (χ3v) is 4.05. The number of thioether (sulfide) groups is 1. The molecule has 0 radical (unpaired) electrons. The predicted molar refractivity (Wildman–Crippen MR) is 86.9 cm³/mol. The summed E-state index contributed by atoms with van der Waals surface area (Å²) in [5.74, 6) is 0. The smallest absolute Gasteiger partial charge is 0.410 e. The highest BCUT2D eigenvalue weighted by Gasteiger charge is 2.29. The summed E-state index contributed by atoms with van der Waals surface area (Å²) in [6.07, 6.45) is 6.09. The first-order chi connectivity index (χ1) is 10.4. The summed E-state index contributed by atoms with van der Waals surface area (Å²) in [5, 5.41) is 4.40. The molecule has 0 unspecified atom stereocenters. The van der Waals surface area contributed by atoms with Gasteiger partial charge in [0.1, 0.15) is 10.6 Å². The summed E-state index contributed by atoms with van der Waals surface area (Å²) >= 11 is 1.59. The minimum absolute atomic E-state index is 0.235. The summed E-state index contributed by atoms with van der Waals surface area (Å²) in [4.78, 5) is 22.5. The molecule has 0 spiro atoms. The van der Waals surface area contributed by atoms with Crippen LogP contribution in [0.4, 0.5) is 4.79 Å². The first-order valence-electron chi connectivity index (χ1n) is 7.44. The van der Waals surface area contributed by atoms with Crippen molar-refractivity contribution in [3.05, 3.63) is 18.1 Å². The lowest BCUT2D eigenvalue weighted by molar-refractivity contribution is 0.0291. The van der Waals surface area contributed by atoms with Gasteiger partial charge in [0.2, 0.25) is 0 Å². The third-order valence-electron chi connectivity index (χ3n) is 3.33. The van der Waals surface area contributed by atoms with Crippen LogP contribution >= 0.6 is 11.8 Å². The van der Waals surface area contributed by atoms with E-state index in [2.05, 4.69) is 15.3 Å². The van der Waals surface area contributed by atoms with Crippen LogP contribution in [0.25, 0.3) is 0 Å². The van der Waals surface area contributed by atoms with Gasteiger partial charge in [0.25, 0.3) is 0 Å². The summed E-state index contributed by atoms with van der Waals surface area (Å²) in [7, 11) is 0. The lowest BCUT2D eigenvalue weighted by Crippen LogP contribution is -2.38. The number of likely N-dealkylation sites (tertiary alicyclic amines) is 1. The van der Waals surface area contributed by atoms with Gasteiger partial charge < -0.3 is 15.0 Å². The van der Waals surface area contributed by atoms with E-state index in [-0.39, 0.29) is 12.1 Å². The second-order valence-corrected chi connectivity index (χ2v) is 7.10. The maximum atomic E-state index is 12.0. The van der Waals surface area contributed by atoms with E-state index < -0.39 is 5.60 Å². The van der Waals surface area contributed by atoms with Crippen molar-refractivity contribution in [3.63, 3.8) is 0 Å². The molecule has 1 aromatic heterocycles. The van der Waals surface area contributed by atoms with Crippen LogP contribution in [0.15, 0.2) is 17.4 Å². The van der Waals surface area contributed by atoms with Crippen molar-refractivity contribution >= 4 is 17.9 Å². The van der Waals surface area contributed by atoms with Gasteiger partial charge in [-0.25, -0.2) is 9.78 Å². The normalized spacial score (nSPS) is 18.5. The van der Waals surface area contributed by atoms with E-state index in [1.54, 1.807) is 29.1 Å². The number of nitrogens with zero attached hydrogens (tertiary/aromatic N) is 3. The predicted octanol–water partition coefficient (Wildman–Crippen LogP) is 2.30. The Labute approximate surface area is 136 Å². The van der Waals surface area contributed by atoms with Gasteiger partial charge in [0, 0.05) is 38.1 Å². The average Bonchev–Trinajstić information content (AvgIpc) is 2.92. The summed E-state index contributed by atoms with van der Waals surface area (Å²) in [6, 6.07) is 0.268. The van der Waals surface area contributed by atoms with Crippen molar-refractivity contribution in [2.75, 3.05) is 19.3 Å². The van der Waals surface area contributed by atoms with Crippen molar-refractivity contribution in [2.45, 2.75) is 50.4 Å². The highest BCUT2D eigenvalue weighted by molar-refractivity contribution is 7.98. The van der Waals surface area contributed by atoms with Crippen molar-refractivity contribution < 1.29 is 9.53 Å². The molecule has 2 rings (SSSR count). The molecule has 1 amide bonds. The fourth-order valence-corrected chi connectivity index (χ4v) is 2.83. The van der Waals surface area contributed by atoms with Gasteiger partial charge in [0.15, 0.2) is 0 Å². The van der Waals surface area contributed by atoms with Crippen molar-refractivity contribution in [1.29, 1.82) is 0 Å². The second-order valence-electron chi connectivity index (χ2n) is 6.31. The van der Waals surface area contributed by atoms with Gasteiger partial charge in [-0.1, -0.05) is 0 Å². The van der Waals surface area contributed by atoms with Crippen LogP contribution in [0.3, 0.4) is 0 Å². The molecule has 0 aliphatic carbocycles.